The zero-order valence-electron chi connectivity index (χ0n) is 20.8. The predicted octanol–water partition coefficient (Wildman–Crippen LogP) is 7.23. The Morgan fingerprint density at radius 1 is 1.06 bits per heavy atom. The summed E-state index contributed by atoms with van der Waals surface area (Å²) in [5, 5.41) is 1.19. The molecule has 0 N–H and O–H groups in total. The normalized spacial score (nSPS) is 15.6. The second-order valence-electron chi connectivity index (χ2n) is 8.94. The van der Waals surface area contributed by atoms with Gasteiger partial charge in [-0.15, -0.1) is 6.58 Å². The van der Waals surface area contributed by atoms with Crippen LogP contribution in [0.15, 0.2) is 55.3 Å². The van der Waals surface area contributed by atoms with Gasteiger partial charge in [-0.1, -0.05) is 48.3 Å². The lowest BCUT2D eigenvalue weighted by molar-refractivity contribution is -0.138. The molecule has 1 atom stereocenters. The molecule has 1 unspecified atom stereocenters. The van der Waals surface area contributed by atoms with Crippen molar-refractivity contribution in [3.63, 3.8) is 0 Å². The maximum atomic E-state index is 13.2. The molecule has 1 aliphatic heterocycles. The third kappa shape index (κ3) is 5.09. The van der Waals surface area contributed by atoms with Gasteiger partial charge in [0.25, 0.3) is 0 Å². The fourth-order valence-corrected chi connectivity index (χ4v) is 5.25. The fraction of sp³-hybridized carbons (Fsp3) is 0.310. The number of ether oxygens (including phenoxy) is 2. The molecule has 0 radical (unpaired) electrons. The number of hydrogen-bond acceptors (Lipinski definition) is 4. The molecule has 2 aromatic carbocycles. The summed E-state index contributed by atoms with van der Waals surface area (Å²) >= 11 is 12.7. The number of pyridine rings is 1. The average Bonchev–Trinajstić information content (AvgIpc) is 2.87. The highest BCUT2D eigenvalue weighted by molar-refractivity contribution is 6.31. The predicted molar refractivity (Wildman–Crippen MR) is 146 cm³/mol. The van der Waals surface area contributed by atoms with Gasteiger partial charge in [0.05, 0.1) is 25.5 Å². The molecule has 1 fully saturated rings. The van der Waals surface area contributed by atoms with E-state index in [4.69, 9.17) is 32.7 Å². The minimum atomic E-state index is -0.0105. The average molecular weight is 525 g/mol. The molecule has 188 valence electrons. The van der Waals surface area contributed by atoms with Crippen LogP contribution in [0.5, 0.6) is 11.5 Å². The molecule has 1 aromatic heterocycles. The largest absolute Gasteiger partial charge is 0.496 e. The number of hydrogen-bond donors (Lipinski definition) is 0. The fourth-order valence-electron chi connectivity index (χ4n) is 4.97. The van der Waals surface area contributed by atoms with Gasteiger partial charge in [-0.25, -0.2) is 0 Å². The molecule has 1 saturated heterocycles. The third-order valence-corrected chi connectivity index (χ3v) is 7.10. The molecule has 5 nitrogen and oxygen atoms in total. The third-order valence-electron chi connectivity index (χ3n) is 6.62. The lowest BCUT2D eigenvalue weighted by Gasteiger charge is -2.33. The van der Waals surface area contributed by atoms with Gasteiger partial charge in [0.15, 0.2) is 0 Å². The van der Waals surface area contributed by atoms with Crippen molar-refractivity contribution >= 4 is 29.1 Å². The van der Waals surface area contributed by atoms with Gasteiger partial charge in [0.2, 0.25) is 5.91 Å². The van der Waals surface area contributed by atoms with Crippen LogP contribution in [0.25, 0.3) is 22.4 Å². The van der Waals surface area contributed by atoms with Crippen LogP contribution in [0.2, 0.25) is 10.0 Å². The van der Waals surface area contributed by atoms with Gasteiger partial charge >= 0.3 is 0 Å². The summed E-state index contributed by atoms with van der Waals surface area (Å²) in [6.07, 6.45) is 5.87. The van der Waals surface area contributed by atoms with E-state index in [1.807, 2.05) is 48.2 Å². The Bertz CT molecular complexity index is 1270. The highest BCUT2D eigenvalue weighted by atomic mass is 35.5. The molecule has 0 aliphatic carbocycles. The van der Waals surface area contributed by atoms with Crippen molar-refractivity contribution in [1.29, 1.82) is 0 Å². The number of rotatable bonds is 8. The first kappa shape index (κ1) is 26.1. The van der Waals surface area contributed by atoms with Crippen molar-refractivity contribution in [2.45, 2.75) is 32.7 Å². The van der Waals surface area contributed by atoms with E-state index in [-0.39, 0.29) is 11.8 Å². The second-order valence-corrected chi connectivity index (χ2v) is 9.81. The van der Waals surface area contributed by atoms with Gasteiger partial charge in [-0.2, -0.15) is 0 Å². The van der Waals surface area contributed by atoms with E-state index in [0.29, 0.717) is 46.7 Å². The zero-order chi connectivity index (χ0) is 25.8. The Balaban J connectivity index is 2.10. The van der Waals surface area contributed by atoms with Crippen LogP contribution in [0.1, 0.15) is 30.9 Å². The topological polar surface area (TPSA) is 51.7 Å². The summed E-state index contributed by atoms with van der Waals surface area (Å²) < 4.78 is 12.1. The van der Waals surface area contributed by atoms with E-state index in [1.54, 1.807) is 26.5 Å². The Kier molecular flexibility index (Phi) is 8.22. The second kappa shape index (κ2) is 11.4. The van der Waals surface area contributed by atoms with Crippen molar-refractivity contribution in [2.75, 3.05) is 20.8 Å². The minimum absolute atomic E-state index is 0.0105. The minimum Gasteiger partial charge on any atom is -0.496 e. The molecule has 3 aromatic rings. The zero-order valence-corrected chi connectivity index (χ0v) is 22.3. The van der Waals surface area contributed by atoms with E-state index >= 15 is 0 Å². The Hall–Kier alpha value is -3.02. The smallest absolute Gasteiger partial charge is 0.225 e. The van der Waals surface area contributed by atoms with Crippen molar-refractivity contribution in [3.05, 3.63) is 76.4 Å². The molecular weight excluding hydrogens is 495 g/mol. The van der Waals surface area contributed by atoms with E-state index in [2.05, 4.69) is 11.6 Å². The Labute approximate surface area is 222 Å². The highest BCUT2D eigenvalue weighted by Crippen LogP contribution is 2.49. The van der Waals surface area contributed by atoms with Gasteiger partial charge < -0.3 is 14.4 Å². The van der Waals surface area contributed by atoms with Crippen LogP contribution in [-0.2, 0) is 17.8 Å². The molecule has 0 saturated carbocycles. The number of allylic oxidation sites excluding steroid dienone is 1. The van der Waals surface area contributed by atoms with Gasteiger partial charge in [-0.05, 0) is 49.1 Å². The van der Waals surface area contributed by atoms with Crippen molar-refractivity contribution in [1.82, 2.24) is 9.88 Å². The number of piperidine rings is 1. The molecule has 1 aliphatic rings. The summed E-state index contributed by atoms with van der Waals surface area (Å²) in [5.41, 5.74) is 4.96. The summed E-state index contributed by atoms with van der Waals surface area (Å²) in [7, 11) is 3.28. The van der Waals surface area contributed by atoms with Gasteiger partial charge in [0.1, 0.15) is 11.5 Å². The molecule has 0 spiro atoms. The van der Waals surface area contributed by atoms with E-state index in [1.165, 1.54) is 0 Å². The van der Waals surface area contributed by atoms with Crippen LogP contribution >= 0.6 is 23.2 Å². The van der Waals surface area contributed by atoms with Crippen LogP contribution in [0.4, 0.5) is 0 Å². The van der Waals surface area contributed by atoms with Gasteiger partial charge in [-0.3, -0.25) is 9.78 Å². The number of carbonyl (C=O) groups is 1. The maximum Gasteiger partial charge on any atom is 0.225 e. The number of halogens is 2. The first-order valence-electron chi connectivity index (χ1n) is 12.0. The summed E-state index contributed by atoms with van der Waals surface area (Å²) in [4.78, 5) is 19.7. The first-order valence-corrected chi connectivity index (χ1v) is 12.7. The maximum absolute atomic E-state index is 13.2. The molecule has 1 amide bonds. The quantitative estimate of drug-likeness (QED) is 0.291. The van der Waals surface area contributed by atoms with E-state index in [0.717, 1.165) is 40.7 Å². The van der Waals surface area contributed by atoms with Crippen molar-refractivity contribution in [2.24, 2.45) is 5.92 Å². The van der Waals surface area contributed by atoms with Crippen molar-refractivity contribution in [3.8, 4) is 33.9 Å². The molecular formula is C29H30Cl2N2O3. The number of aromatic nitrogens is 1. The van der Waals surface area contributed by atoms with Crippen LogP contribution in [0.3, 0.4) is 0 Å². The van der Waals surface area contributed by atoms with Crippen molar-refractivity contribution < 1.29 is 14.3 Å². The lowest BCUT2D eigenvalue weighted by Crippen LogP contribution is -2.39. The molecule has 36 heavy (non-hydrogen) atoms. The van der Waals surface area contributed by atoms with E-state index < -0.39 is 0 Å². The summed E-state index contributed by atoms with van der Waals surface area (Å²) in [6, 6.07) is 11.2. The molecule has 0 bridgehead atoms. The number of carbonyl (C=O) groups excluding carboxylic acids is 1. The first-order chi connectivity index (χ1) is 17.4. The number of likely N-dealkylation sites (tertiary alicyclic amines) is 1. The number of methoxy groups -OCH3 is 2. The Morgan fingerprint density at radius 3 is 2.42 bits per heavy atom. The standard InChI is InChI=1S/C29H30Cl2N2O3/c1-5-7-22-27(35-3)23(17-33-15-6-8-18(2)29(33)34)25(19-9-11-20(30)12-10-19)26(28(22)36-4)24-16-21(31)13-14-32-24/h5,9-14,16,18H,1,6-8,15,17H2,2-4H3. The van der Waals surface area contributed by atoms with Crippen LogP contribution in [0, 0.1) is 5.92 Å². The number of nitrogens with zero attached hydrogens (tertiary/aromatic N) is 2. The summed E-state index contributed by atoms with van der Waals surface area (Å²) in [5.74, 6) is 1.44. The molecule has 4 rings (SSSR count). The summed E-state index contributed by atoms with van der Waals surface area (Å²) in [6.45, 7) is 7.03. The lowest BCUT2D eigenvalue weighted by atomic mass is 9.86. The molecule has 7 heteroatoms. The number of amides is 1. The van der Waals surface area contributed by atoms with Crippen LogP contribution in [-0.4, -0.2) is 36.6 Å². The number of benzene rings is 2. The SMILES string of the molecule is C=CCc1c(OC)c(CN2CCCC(C)C2=O)c(-c2ccc(Cl)cc2)c(-c2cc(Cl)ccn2)c1OC. The Morgan fingerprint density at radius 2 is 1.78 bits per heavy atom. The van der Waals surface area contributed by atoms with Gasteiger partial charge in [0, 0.05) is 51.9 Å². The molecule has 2 heterocycles. The highest BCUT2D eigenvalue weighted by Gasteiger charge is 2.31. The van der Waals surface area contributed by atoms with E-state index in [9.17, 15) is 4.79 Å². The monoisotopic (exact) mass is 524 g/mol. The van der Waals surface area contributed by atoms with Crippen LogP contribution < -0.4 is 9.47 Å².